The zero-order valence-electron chi connectivity index (χ0n) is 18.5. The summed E-state index contributed by atoms with van der Waals surface area (Å²) in [6.45, 7) is 0.516. The van der Waals surface area contributed by atoms with Crippen molar-refractivity contribution >= 4 is 46.8 Å². The summed E-state index contributed by atoms with van der Waals surface area (Å²) in [7, 11) is 0. The van der Waals surface area contributed by atoms with E-state index in [1.165, 1.54) is 29.4 Å². The molecule has 1 atom stereocenters. The number of imidazole rings is 1. The Kier molecular flexibility index (Phi) is 7.15. The lowest BCUT2D eigenvalue weighted by molar-refractivity contribution is 0.0778. The number of hydrogen-bond acceptors (Lipinski definition) is 5. The normalized spacial score (nSPS) is 14.8. The summed E-state index contributed by atoms with van der Waals surface area (Å²) in [6, 6.07) is 9.22. The van der Waals surface area contributed by atoms with Gasteiger partial charge in [-0.1, -0.05) is 11.6 Å². The number of benzene rings is 2. The monoisotopic (exact) mass is 514 g/mol. The molecule has 1 saturated heterocycles. The summed E-state index contributed by atoms with van der Waals surface area (Å²) >= 11 is 5.92. The Bertz CT molecular complexity index is 1330. The first-order valence-electron chi connectivity index (χ1n) is 10.7. The van der Waals surface area contributed by atoms with Gasteiger partial charge in [-0.15, -0.1) is 0 Å². The molecule has 0 aliphatic carbocycles. The number of carbonyl (C=O) groups excluding carboxylic acids is 3. The summed E-state index contributed by atoms with van der Waals surface area (Å²) < 4.78 is 13.2. The minimum atomic E-state index is -1.17. The lowest BCUT2D eigenvalue weighted by Gasteiger charge is -2.16. The second-order valence-electron chi connectivity index (χ2n) is 7.92. The zero-order valence-corrected chi connectivity index (χ0v) is 19.3. The topological polar surface area (TPSA) is 157 Å². The molecule has 0 radical (unpaired) electrons. The van der Waals surface area contributed by atoms with Gasteiger partial charge in [-0.2, -0.15) is 0 Å². The molecule has 1 fully saturated rings. The van der Waals surface area contributed by atoms with Crippen molar-refractivity contribution in [1.29, 1.82) is 0 Å². The molecule has 2 aromatic carbocycles. The molecule has 1 aliphatic heterocycles. The van der Waals surface area contributed by atoms with E-state index in [0.717, 1.165) is 12.1 Å². The molecule has 3 aromatic rings. The van der Waals surface area contributed by atoms with Crippen LogP contribution in [0.15, 0.2) is 48.8 Å². The molecule has 36 heavy (non-hydrogen) atoms. The maximum absolute atomic E-state index is 13.2. The van der Waals surface area contributed by atoms with Crippen molar-refractivity contribution in [2.45, 2.75) is 12.5 Å². The van der Waals surface area contributed by atoms with Gasteiger partial charge < -0.3 is 30.9 Å². The molecular formula is C23H20ClFN6O5. The Balaban J connectivity index is 1.38. The number of nitrogens with zero attached hydrogens (tertiary/aromatic N) is 2. The van der Waals surface area contributed by atoms with E-state index < -0.39 is 29.6 Å². The first-order chi connectivity index (χ1) is 17.2. The summed E-state index contributed by atoms with van der Waals surface area (Å²) in [4.78, 5) is 56.9. The fourth-order valence-corrected chi connectivity index (χ4v) is 3.98. The highest BCUT2D eigenvalue weighted by Gasteiger charge is 2.31. The van der Waals surface area contributed by atoms with Crippen molar-refractivity contribution in [3.05, 3.63) is 76.6 Å². The predicted octanol–water partition coefficient (Wildman–Crippen LogP) is 3.19. The Labute approximate surface area is 208 Å². The van der Waals surface area contributed by atoms with Crippen LogP contribution in [0.5, 0.6) is 0 Å². The third-order valence-corrected chi connectivity index (χ3v) is 5.76. The van der Waals surface area contributed by atoms with Gasteiger partial charge in [-0.05, 0) is 48.9 Å². The number of aromatic amines is 1. The van der Waals surface area contributed by atoms with Crippen LogP contribution in [-0.2, 0) is 0 Å². The molecule has 4 amide bonds. The minimum Gasteiger partial charge on any atom is -0.465 e. The van der Waals surface area contributed by atoms with Gasteiger partial charge >= 0.3 is 6.09 Å². The molecule has 13 heteroatoms. The van der Waals surface area contributed by atoms with E-state index in [-0.39, 0.29) is 34.6 Å². The first-order valence-corrected chi connectivity index (χ1v) is 11.1. The number of carbonyl (C=O) groups is 4. The van der Waals surface area contributed by atoms with Crippen LogP contribution < -0.4 is 16.0 Å². The van der Waals surface area contributed by atoms with Crippen LogP contribution >= 0.6 is 11.6 Å². The fraction of sp³-hybridized carbons (Fsp3) is 0.174. The van der Waals surface area contributed by atoms with Gasteiger partial charge in [-0.3, -0.25) is 14.4 Å². The Morgan fingerprint density at radius 1 is 1.06 bits per heavy atom. The number of halogens is 2. The molecule has 0 spiro atoms. The van der Waals surface area contributed by atoms with Gasteiger partial charge in [0.05, 0.1) is 23.0 Å². The zero-order chi connectivity index (χ0) is 25.8. The van der Waals surface area contributed by atoms with E-state index in [1.807, 2.05) is 0 Å². The summed E-state index contributed by atoms with van der Waals surface area (Å²) in [6.07, 6.45) is 0.523. The van der Waals surface area contributed by atoms with Crippen LogP contribution in [0.1, 0.15) is 37.8 Å². The second kappa shape index (κ2) is 10.4. The molecule has 1 aliphatic rings. The van der Waals surface area contributed by atoms with E-state index in [0.29, 0.717) is 24.3 Å². The van der Waals surface area contributed by atoms with Crippen LogP contribution in [0.2, 0.25) is 5.02 Å². The van der Waals surface area contributed by atoms with Crippen molar-refractivity contribution in [2.24, 2.45) is 0 Å². The lowest BCUT2D eigenvalue weighted by Crippen LogP contribution is -2.38. The maximum atomic E-state index is 13.2. The van der Waals surface area contributed by atoms with E-state index in [2.05, 4.69) is 25.9 Å². The number of rotatable bonds is 6. The molecule has 11 nitrogen and oxygen atoms in total. The fourth-order valence-electron chi connectivity index (χ4n) is 3.72. The Morgan fingerprint density at radius 3 is 2.36 bits per heavy atom. The average molecular weight is 515 g/mol. The van der Waals surface area contributed by atoms with Gasteiger partial charge in [0.1, 0.15) is 11.5 Å². The highest BCUT2D eigenvalue weighted by Crippen LogP contribution is 2.21. The first kappa shape index (κ1) is 24.7. The van der Waals surface area contributed by atoms with Crippen LogP contribution in [-0.4, -0.2) is 62.9 Å². The molecule has 5 N–H and O–H groups in total. The summed E-state index contributed by atoms with van der Waals surface area (Å²) in [5.41, 5.74) is 0.773. The Hall–Kier alpha value is -4.45. The van der Waals surface area contributed by atoms with Crippen LogP contribution in [0.4, 0.5) is 20.6 Å². The van der Waals surface area contributed by atoms with Crippen LogP contribution in [0, 0.1) is 5.82 Å². The number of amides is 4. The Morgan fingerprint density at radius 2 is 1.72 bits per heavy atom. The quantitative estimate of drug-likeness (QED) is 0.340. The number of H-pyrrole nitrogens is 1. The third kappa shape index (κ3) is 5.61. The van der Waals surface area contributed by atoms with Crippen molar-refractivity contribution < 1.29 is 28.7 Å². The number of likely N-dealkylation sites (tertiary alicyclic amines) is 1. The van der Waals surface area contributed by atoms with Crippen molar-refractivity contribution in [2.75, 3.05) is 23.7 Å². The number of aromatic nitrogens is 2. The SMILES string of the molecule is O=C(O)NC1CCN(C(=O)c2[nH]cnc2C(=O)Nc2ccc(NC(=O)c3ccc(F)cc3Cl)cc2)C1. The van der Waals surface area contributed by atoms with Gasteiger partial charge in [-0.25, -0.2) is 14.2 Å². The molecule has 2 heterocycles. The van der Waals surface area contributed by atoms with Crippen molar-refractivity contribution in [3.63, 3.8) is 0 Å². The predicted molar refractivity (Wildman–Crippen MR) is 128 cm³/mol. The molecule has 0 bridgehead atoms. The highest BCUT2D eigenvalue weighted by molar-refractivity contribution is 6.34. The van der Waals surface area contributed by atoms with Gasteiger partial charge in [0, 0.05) is 24.5 Å². The van der Waals surface area contributed by atoms with Crippen LogP contribution in [0.3, 0.4) is 0 Å². The van der Waals surface area contributed by atoms with Crippen molar-refractivity contribution in [1.82, 2.24) is 20.2 Å². The molecule has 1 aromatic heterocycles. The average Bonchev–Trinajstić information content (AvgIpc) is 3.49. The summed E-state index contributed by atoms with van der Waals surface area (Å²) in [5, 5.41) is 16.4. The number of nitrogens with one attached hydrogen (secondary N) is 4. The molecule has 4 rings (SSSR count). The van der Waals surface area contributed by atoms with Gasteiger partial charge in [0.2, 0.25) is 0 Å². The maximum Gasteiger partial charge on any atom is 0.404 e. The smallest absolute Gasteiger partial charge is 0.404 e. The minimum absolute atomic E-state index is 0.0106. The second-order valence-corrected chi connectivity index (χ2v) is 8.33. The van der Waals surface area contributed by atoms with E-state index in [1.54, 1.807) is 12.1 Å². The standard InChI is InChI=1S/C23H20ClFN6O5/c24-17-9-12(25)1-6-16(17)20(32)28-13-2-4-14(5-3-13)29-21(33)18-19(27-11-26-18)22(34)31-8-7-15(10-31)30-23(35)36/h1-6,9,11,15,30H,7-8,10H2,(H,26,27)(H,28,32)(H,29,33)(H,35,36). The van der Waals surface area contributed by atoms with Gasteiger partial charge in [0.15, 0.2) is 5.69 Å². The molecule has 186 valence electrons. The number of anilines is 2. The lowest BCUT2D eigenvalue weighted by atomic mass is 10.2. The molecular weight excluding hydrogens is 495 g/mol. The van der Waals surface area contributed by atoms with Crippen LogP contribution in [0.25, 0.3) is 0 Å². The third-order valence-electron chi connectivity index (χ3n) is 5.45. The summed E-state index contributed by atoms with van der Waals surface area (Å²) in [5.74, 6) is -2.18. The van der Waals surface area contributed by atoms with E-state index >= 15 is 0 Å². The van der Waals surface area contributed by atoms with Crippen molar-refractivity contribution in [3.8, 4) is 0 Å². The highest BCUT2D eigenvalue weighted by atomic mass is 35.5. The van der Waals surface area contributed by atoms with E-state index in [9.17, 15) is 23.6 Å². The molecule has 1 unspecified atom stereocenters. The van der Waals surface area contributed by atoms with Gasteiger partial charge in [0.25, 0.3) is 17.7 Å². The number of hydrogen-bond donors (Lipinski definition) is 5. The number of carboxylic acid groups (broad SMARTS) is 1. The molecule has 0 saturated carbocycles. The largest absolute Gasteiger partial charge is 0.465 e. The van der Waals surface area contributed by atoms with E-state index in [4.69, 9.17) is 16.7 Å².